The molecule has 2 rings (SSSR count). The van der Waals surface area contributed by atoms with Crippen molar-refractivity contribution in [2.24, 2.45) is 5.73 Å². The molecule has 2 aromatic rings. The van der Waals surface area contributed by atoms with Crippen LogP contribution in [0.15, 0.2) is 30.7 Å². The third-order valence-corrected chi connectivity index (χ3v) is 2.59. The fraction of sp³-hybridized carbons (Fsp3) is 0.167. The monoisotopic (exact) mass is 249 g/mol. The van der Waals surface area contributed by atoms with Gasteiger partial charge in [-0.1, -0.05) is 23.7 Å². The van der Waals surface area contributed by atoms with Crippen LogP contribution in [0.25, 0.3) is 0 Å². The van der Waals surface area contributed by atoms with Crippen LogP contribution in [0.5, 0.6) is 11.6 Å². The molecular weight excluding hydrogens is 238 g/mol. The van der Waals surface area contributed by atoms with Crippen LogP contribution in [0.3, 0.4) is 0 Å². The summed E-state index contributed by atoms with van der Waals surface area (Å²) in [6, 6.07) is 5.80. The average Bonchev–Trinajstić information content (AvgIpc) is 2.35. The Kier molecular flexibility index (Phi) is 3.56. The van der Waals surface area contributed by atoms with E-state index in [-0.39, 0.29) is 0 Å². The summed E-state index contributed by atoms with van der Waals surface area (Å²) < 4.78 is 5.64. The second-order valence-electron chi connectivity index (χ2n) is 3.58. The van der Waals surface area contributed by atoms with Gasteiger partial charge in [0.15, 0.2) is 0 Å². The Morgan fingerprint density at radius 2 is 2.24 bits per heavy atom. The van der Waals surface area contributed by atoms with Crippen LogP contribution in [0.4, 0.5) is 0 Å². The van der Waals surface area contributed by atoms with Crippen molar-refractivity contribution in [2.45, 2.75) is 13.5 Å². The molecule has 0 radical (unpaired) electrons. The molecule has 4 nitrogen and oxygen atoms in total. The number of hydrogen-bond donors (Lipinski definition) is 1. The first-order valence-corrected chi connectivity index (χ1v) is 5.51. The van der Waals surface area contributed by atoms with Gasteiger partial charge in [0.05, 0.1) is 6.20 Å². The second-order valence-corrected chi connectivity index (χ2v) is 3.99. The molecule has 0 unspecified atom stereocenters. The van der Waals surface area contributed by atoms with Crippen LogP contribution in [0.2, 0.25) is 5.02 Å². The summed E-state index contributed by atoms with van der Waals surface area (Å²) in [5.74, 6) is 1.05. The van der Waals surface area contributed by atoms with Crippen molar-refractivity contribution in [1.82, 2.24) is 9.97 Å². The van der Waals surface area contributed by atoms with Crippen molar-refractivity contribution in [1.29, 1.82) is 0 Å². The van der Waals surface area contributed by atoms with Gasteiger partial charge in [-0.25, -0.2) is 9.97 Å². The Bertz CT molecular complexity index is 531. The van der Waals surface area contributed by atoms with Crippen LogP contribution in [-0.2, 0) is 6.54 Å². The van der Waals surface area contributed by atoms with Crippen LogP contribution >= 0.6 is 11.6 Å². The quantitative estimate of drug-likeness (QED) is 0.909. The summed E-state index contributed by atoms with van der Waals surface area (Å²) >= 11 is 5.93. The van der Waals surface area contributed by atoms with Crippen molar-refractivity contribution < 1.29 is 4.74 Å². The van der Waals surface area contributed by atoms with Crippen LogP contribution in [-0.4, -0.2) is 9.97 Å². The lowest BCUT2D eigenvalue weighted by atomic mass is 10.1. The smallest absolute Gasteiger partial charge is 0.241 e. The molecule has 1 aromatic heterocycles. The van der Waals surface area contributed by atoms with E-state index in [0.717, 1.165) is 11.1 Å². The lowest BCUT2D eigenvalue weighted by molar-refractivity contribution is 0.457. The summed E-state index contributed by atoms with van der Waals surface area (Å²) in [5.41, 5.74) is 7.58. The number of nitrogens with two attached hydrogens (primary N) is 1. The second kappa shape index (κ2) is 5.12. The molecular formula is C12H12ClN3O. The molecule has 5 heteroatoms. The van der Waals surface area contributed by atoms with Crippen molar-refractivity contribution in [3.63, 3.8) is 0 Å². The summed E-state index contributed by atoms with van der Waals surface area (Å²) in [7, 11) is 0. The van der Waals surface area contributed by atoms with Gasteiger partial charge >= 0.3 is 0 Å². The van der Waals surface area contributed by atoms with Crippen molar-refractivity contribution >= 4 is 11.6 Å². The number of aromatic nitrogens is 2. The van der Waals surface area contributed by atoms with E-state index in [9.17, 15) is 0 Å². The van der Waals surface area contributed by atoms with E-state index in [1.54, 1.807) is 0 Å². The van der Waals surface area contributed by atoms with Gasteiger partial charge in [-0.2, -0.15) is 0 Å². The Balaban J connectivity index is 2.32. The van der Waals surface area contributed by atoms with E-state index in [1.807, 2.05) is 25.1 Å². The SMILES string of the molecule is Cc1ccc(CN)cc1Oc1ncncc1Cl. The molecule has 0 amide bonds. The molecule has 2 N–H and O–H groups in total. The predicted octanol–water partition coefficient (Wildman–Crippen LogP) is 2.69. The maximum Gasteiger partial charge on any atom is 0.241 e. The van der Waals surface area contributed by atoms with Crippen molar-refractivity contribution in [2.75, 3.05) is 0 Å². The third kappa shape index (κ3) is 2.72. The van der Waals surface area contributed by atoms with Gasteiger partial charge in [-0.15, -0.1) is 0 Å². The number of nitrogens with zero attached hydrogens (tertiary/aromatic N) is 2. The third-order valence-electron chi connectivity index (χ3n) is 2.33. The van der Waals surface area contributed by atoms with Crippen molar-refractivity contribution in [3.05, 3.63) is 46.9 Å². The summed E-state index contributed by atoms with van der Waals surface area (Å²) in [4.78, 5) is 7.77. The zero-order chi connectivity index (χ0) is 12.3. The van der Waals surface area contributed by atoms with E-state index >= 15 is 0 Å². The number of hydrogen-bond acceptors (Lipinski definition) is 4. The maximum atomic E-state index is 5.93. The lowest BCUT2D eigenvalue weighted by Crippen LogP contribution is -1.98. The van der Waals surface area contributed by atoms with Gasteiger partial charge in [0, 0.05) is 6.54 Å². The van der Waals surface area contributed by atoms with E-state index in [4.69, 9.17) is 22.1 Å². The molecule has 0 saturated carbocycles. The Hall–Kier alpha value is -1.65. The van der Waals surface area contributed by atoms with Crippen LogP contribution in [0.1, 0.15) is 11.1 Å². The molecule has 0 aliphatic heterocycles. The number of aryl methyl sites for hydroxylation is 1. The first kappa shape index (κ1) is 11.8. The van der Waals surface area contributed by atoms with Crippen molar-refractivity contribution in [3.8, 4) is 11.6 Å². The molecule has 0 bridgehead atoms. The number of ether oxygens (including phenoxy) is 1. The zero-order valence-electron chi connectivity index (χ0n) is 9.35. The van der Waals surface area contributed by atoms with Gasteiger partial charge in [0.2, 0.25) is 5.88 Å². The highest BCUT2D eigenvalue weighted by molar-refractivity contribution is 6.31. The highest BCUT2D eigenvalue weighted by Crippen LogP contribution is 2.28. The lowest BCUT2D eigenvalue weighted by Gasteiger charge is -2.09. The highest BCUT2D eigenvalue weighted by Gasteiger charge is 2.07. The first-order valence-electron chi connectivity index (χ1n) is 5.13. The molecule has 0 saturated heterocycles. The maximum absolute atomic E-state index is 5.93. The minimum absolute atomic E-state index is 0.346. The van der Waals surface area contributed by atoms with Gasteiger partial charge in [0.1, 0.15) is 17.1 Å². The van der Waals surface area contributed by atoms with Gasteiger partial charge < -0.3 is 10.5 Å². The molecule has 0 aliphatic carbocycles. The minimum atomic E-state index is 0.346. The Labute approximate surface area is 104 Å². The highest BCUT2D eigenvalue weighted by atomic mass is 35.5. The van der Waals surface area contributed by atoms with Gasteiger partial charge in [-0.05, 0) is 24.1 Å². The molecule has 1 aromatic carbocycles. The number of benzene rings is 1. The Morgan fingerprint density at radius 3 is 2.94 bits per heavy atom. The van der Waals surface area contributed by atoms with E-state index < -0.39 is 0 Å². The van der Waals surface area contributed by atoms with E-state index in [2.05, 4.69) is 9.97 Å². The molecule has 0 atom stereocenters. The van der Waals surface area contributed by atoms with Crippen LogP contribution in [0, 0.1) is 6.92 Å². The average molecular weight is 250 g/mol. The fourth-order valence-electron chi connectivity index (χ4n) is 1.36. The molecule has 0 fully saturated rings. The van der Waals surface area contributed by atoms with E-state index in [1.165, 1.54) is 12.5 Å². The molecule has 1 heterocycles. The molecule has 0 spiro atoms. The fourth-order valence-corrected chi connectivity index (χ4v) is 1.51. The molecule has 88 valence electrons. The Morgan fingerprint density at radius 1 is 1.41 bits per heavy atom. The summed E-state index contributed by atoms with van der Waals surface area (Å²) in [6.07, 6.45) is 2.88. The number of halogens is 1. The summed E-state index contributed by atoms with van der Waals surface area (Å²) in [5, 5.41) is 0.380. The van der Waals surface area contributed by atoms with Gasteiger partial charge in [0.25, 0.3) is 0 Å². The number of rotatable bonds is 3. The first-order chi connectivity index (χ1) is 8.20. The minimum Gasteiger partial charge on any atom is -0.437 e. The van der Waals surface area contributed by atoms with Gasteiger partial charge in [-0.3, -0.25) is 0 Å². The zero-order valence-corrected chi connectivity index (χ0v) is 10.1. The predicted molar refractivity (Wildman–Crippen MR) is 66.2 cm³/mol. The van der Waals surface area contributed by atoms with E-state index in [0.29, 0.717) is 23.2 Å². The normalized spacial score (nSPS) is 10.3. The topological polar surface area (TPSA) is 61.0 Å². The standard InChI is InChI=1S/C12H12ClN3O/c1-8-2-3-9(5-14)4-11(8)17-12-10(13)6-15-7-16-12/h2-4,6-7H,5,14H2,1H3. The molecule has 17 heavy (non-hydrogen) atoms. The largest absolute Gasteiger partial charge is 0.437 e. The summed E-state index contributed by atoms with van der Waals surface area (Å²) in [6.45, 7) is 2.42. The van der Waals surface area contributed by atoms with Crippen LogP contribution < -0.4 is 10.5 Å². The molecule has 0 aliphatic rings.